The molecule has 0 aliphatic rings. The van der Waals surface area contributed by atoms with Gasteiger partial charge in [-0.25, -0.2) is 9.97 Å². The van der Waals surface area contributed by atoms with Crippen LogP contribution >= 0.6 is 0 Å². The van der Waals surface area contributed by atoms with Crippen LogP contribution in [0.5, 0.6) is 0 Å². The zero-order chi connectivity index (χ0) is 28.9. The number of aromatic nitrogens is 2. The summed E-state index contributed by atoms with van der Waals surface area (Å²) in [4.78, 5) is 25.2. The molecule has 1 aromatic heterocycles. The van der Waals surface area contributed by atoms with Crippen molar-refractivity contribution in [1.82, 2.24) is 14.9 Å². The number of hydrogen-bond acceptors (Lipinski definition) is 5. The van der Waals surface area contributed by atoms with Crippen molar-refractivity contribution in [3.63, 3.8) is 0 Å². The van der Waals surface area contributed by atoms with Crippen LogP contribution in [0, 0.1) is 6.92 Å². The summed E-state index contributed by atoms with van der Waals surface area (Å²) in [5.74, 6) is 0.360. The van der Waals surface area contributed by atoms with Crippen LogP contribution in [-0.4, -0.2) is 32.9 Å². The van der Waals surface area contributed by atoms with E-state index >= 15 is 0 Å². The Morgan fingerprint density at radius 2 is 1.49 bits per heavy atom. The lowest BCUT2D eigenvalue weighted by molar-refractivity contribution is 0.102. The maximum absolute atomic E-state index is 13.2. The third kappa shape index (κ3) is 6.61. The van der Waals surface area contributed by atoms with Crippen molar-refractivity contribution < 1.29 is 4.79 Å². The molecule has 6 heteroatoms. The van der Waals surface area contributed by atoms with Gasteiger partial charge in [0.25, 0.3) is 5.91 Å². The summed E-state index contributed by atoms with van der Waals surface area (Å²) < 4.78 is 0. The maximum atomic E-state index is 13.2. The summed E-state index contributed by atoms with van der Waals surface area (Å²) >= 11 is 0. The average molecular weight is 544 g/mol. The molecule has 1 amide bonds. The number of carbonyl (C=O) groups excluding carboxylic acids is 1. The SMILES string of the molecule is Cc1ccc(CN(C(C)C)C(C)C)cc1NC(=O)c1ccc(Nc2nc(-c3ccccc3)c3ccccc3n2)cc1. The first-order valence-electron chi connectivity index (χ1n) is 14.1. The second-order valence-corrected chi connectivity index (χ2v) is 10.9. The number of hydrogen-bond donors (Lipinski definition) is 2. The van der Waals surface area contributed by atoms with Gasteiger partial charge in [0.2, 0.25) is 5.95 Å². The first-order chi connectivity index (χ1) is 19.8. The molecule has 0 spiro atoms. The van der Waals surface area contributed by atoms with E-state index in [0.717, 1.165) is 45.6 Å². The van der Waals surface area contributed by atoms with E-state index in [1.165, 1.54) is 5.56 Å². The van der Waals surface area contributed by atoms with Gasteiger partial charge in [-0.05, 0) is 82.1 Å². The van der Waals surface area contributed by atoms with Crippen LogP contribution in [0.15, 0.2) is 97.1 Å². The summed E-state index contributed by atoms with van der Waals surface area (Å²) in [6.45, 7) is 11.7. The van der Waals surface area contributed by atoms with Crippen LogP contribution in [0.4, 0.5) is 17.3 Å². The summed E-state index contributed by atoms with van der Waals surface area (Å²) in [5.41, 5.74) is 7.19. The number of benzene rings is 4. The van der Waals surface area contributed by atoms with Crippen molar-refractivity contribution in [2.24, 2.45) is 0 Å². The highest BCUT2D eigenvalue weighted by Crippen LogP contribution is 2.28. The predicted molar refractivity (Wildman–Crippen MR) is 170 cm³/mol. The second-order valence-electron chi connectivity index (χ2n) is 10.9. The van der Waals surface area contributed by atoms with Gasteiger partial charge in [-0.1, -0.05) is 60.7 Å². The highest BCUT2D eigenvalue weighted by atomic mass is 16.1. The van der Waals surface area contributed by atoms with E-state index < -0.39 is 0 Å². The third-order valence-corrected chi connectivity index (χ3v) is 7.30. The van der Waals surface area contributed by atoms with Crippen LogP contribution in [0.3, 0.4) is 0 Å². The lowest BCUT2D eigenvalue weighted by atomic mass is 10.1. The molecule has 0 unspecified atom stereocenters. The van der Waals surface area contributed by atoms with Gasteiger partial charge in [0.1, 0.15) is 0 Å². The molecule has 0 fully saturated rings. The summed E-state index contributed by atoms with van der Waals surface area (Å²) in [5, 5.41) is 7.42. The number of fused-ring (bicyclic) bond motifs is 1. The Kier molecular flexibility index (Phi) is 8.41. The van der Waals surface area contributed by atoms with Crippen LogP contribution in [0.25, 0.3) is 22.2 Å². The molecule has 2 N–H and O–H groups in total. The van der Waals surface area contributed by atoms with Gasteiger partial charge in [-0.3, -0.25) is 9.69 Å². The Labute approximate surface area is 242 Å². The molecule has 4 aromatic carbocycles. The zero-order valence-corrected chi connectivity index (χ0v) is 24.3. The molecule has 0 saturated heterocycles. The summed E-state index contributed by atoms with van der Waals surface area (Å²) in [6, 6.07) is 32.7. The average Bonchev–Trinajstić information content (AvgIpc) is 2.97. The van der Waals surface area contributed by atoms with E-state index in [2.05, 4.69) is 61.4 Å². The van der Waals surface area contributed by atoms with Crippen molar-refractivity contribution in [3.05, 3.63) is 114 Å². The molecular formula is C35H37N5O. The highest BCUT2D eigenvalue weighted by molar-refractivity contribution is 6.05. The summed E-state index contributed by atoms with van der Waals surface area (Å²) in [7, 11) is 0. The molecule has 0 radical (unpaired) electrons. The zero-order valence-electron chi connectivity index (χ0n) is 24.3. The van der Waals surface area contributed by atoms with E-state index in [9.17, 15) is 4.79 Å². The van der Waals surface area contributed by atoms with Gasteiger partial charge in [0.05, 0.1) is 11.2 Å². The Morgan fingerprint density at radius 3 is 2.20 bits per heavy atom. The van der Waals surface area contributed by atoms with Gasteiger partial charge in [-0.15, -0.1) is 0 Å². The maximum Gasteiger partial charge on any atom is 0.255 e. The van der Waals surface area contributed by atoms with Crippen molar-refractivity contribution in [3.8, 4) is 11.3 Å². The van der Waals surface area contributed by atoms with Crippen molar-refractivity contribution >= 4 is 34.1 Å². The van der Waals surface area contributed by atoms with E-state index in [1.807, 2.05) is 85.8 Å². The van der Waals surface area contributed by atoms with Gasteiger partial charge < -0.3 is 10.6 Å². The van der Waals surface area contributed by atoms with Crippen LogP contribution in [0.2, 0.25) is 0 Å². The first kappa shape index (κ1) is 28.0. The minimum Gasteiger partial charge on any atom is -0.324 e. The number of nitrogens with one attached hydrogen (secondary N) is 2. The molecular weight excluding hydrogens is 506 g/mol. The number of amides is 1. The predicted octanol–water partition coefficient (Wildman–Crippen LogP) is 8.22. The van der Waals surface area contributed by atoms with E-state index in [0.29, 0.717) is 23.6 Å². The Morgan fingerprint density at radius 1 is 0.805 bits per heavy atom. The molecule has 41 heavy (non-hydrogen) atoms. The lowest BCUT2D eigenvalue weighted by Gasteiger charge is -2.30. The molecule has 0 atom stereocenters. The van der Waals surface area contributed by atoms with Gasteiger partial charge in [0.15, 0.2) is 0 Å². The standard InChI is InChI=1S/C35H37N5O/c1-23(2)40(24(3)4)22-26-16-15-25(5)32(21-26)37-34(41)28-17-19-29(20-18-28)36-35-38-31-14-10-9-13-30(31)33(39-35)27-11-7-6-8-12-27/h6-21,23-24H,22H2,1-5H3,(H,37,41)(H,36,38,39). The van der Waals surface area contributed by atoms with Crippen LogP contribution in [-0.2, 0) is 6.54 Å². The van der Waals surface area contributed by atoms with E-state index in [1.54, 1.807) is 0 Å². The minimum atomic E-state index is -0.144. The molecule has 6 nitrogen and oxygen atoms in total. The Bertz CT molecular complexity index is 1640. The van der Waals surface area contributed by atoms with E-state index in [-0.39, 0.29) is 5.91 Å². The molecule has 1 heterocycles. The normalized spacial score (nSPS) is 11.4. The molecule has 5 aromatic rings. The van der Waals surface area contributed by atoms with E-state index in [4.69, 9.17) is 9.97 Å². The van der Waals surface area contributed by atoms with Crippen LogP contribution in [0.1, 0.15) is 49.2 Å². The first-order valence-corrected chi connectivity index (χ1v) is 14.1. The molecule has 208 valence electrons. The summed E-state index contributed by atoms with van der Waals surface area (Å²) in [6.07, 6.45) is 0. The molecule has 0 saturated carbocycles. The van der Waals surface area contributed by atoms with Crippen molar-refractivity contribution in [1.29, 1.82) is 0 Å². The number of rotatable bonds is 9. The smallest absolute Gasteiger partial charge is 0.255 e. The monoisotopic (exact) mass is 543 g/mol. The minimum absolute atomic E-state index is 0.144. The number of carbonyl (C=O) groups is 1. The topological polar surface area (TPSA) is 70.2 Å². The molecule has 5 rings (SSSR count). The fraction of sp³-hybridized carbons (Fsp3) is 0.229. The second kappa shape index (κ2) is 12.3. The lowest BCUT2D eigenvalue weighted by Crippen LogP contribution is -2.36. The number of anilines is 3. The van der Waals surface area contributed by atoms with Gasteiger partial charge >= 0.3 is 0 Å². The largest absolute Gasteiger partial charge is 0.324 e. The van der Waals surface area contributed by atoms with Crippen molar-refractivity contribution in [2.45, 2.75) is 53.2 Å². The van der Waals surface area contributed by atoms with Gasteiger partial charge in [-0.2, -0.15) is 0 Å². The highest BCUT2D eigenvalue weighted by Gasteiger charge is 2.16. The molecule has 0 aliphatic carbocycles. The van der Waals surface area contributed by atoms with Gasteiger partial charge in [0, 0.05) is 46.5 Å². The third-order valence-electron chi connectivity index (χ3n) is 7.30. The number of aryl methyl sites for hydroxylation is 1. The fourth-order valence-electron chi connectivity index (χ4n) is 5.05. The molecule has 0 aliphatic heterocycles. The Hall–Kier alpha value is -4.55. The quantitative estimate of drug-likeness (QED) is 0.196. The Balaban J connectivity index is 1.32. The molecule has 0 bridgehead atoms. The number of para-hydroxylation sites is 1. The van der Waals surface area contributed by atoms with Crippen LogP contribution < -0.4 is 10.6 Å². The van der Waals surface area contributed by atoms with Crippen molar-refractivity contribution in [2.75, 3.05) is 10.6 Å². The number of nitrogens with zero attached hydrogens (tertiary/aromatic N) is 3. The fourth-order valence-corrected chi connectivity index (χ4v) is 5.05.